The topological polar surface area (TPSA) is 87.1 Å². The first kappa shape index (κ1) is 16.4. The molecule has 0 aliphatic heterocycles. The number of halogens is 1. The third kappa shape index (κ3) is 4.29. The Kier molecular flexibility index (Phi) is 4.56. The smallest absolute Gasteiger partial charge is 0.335 e. The lowest BCUT2D eigenvalue weighted by molar-refractivity contribution is 0.0697. The van der Waals surface area contributed by atoms with Crippen LogP contribution in [-0.4, -0.2) is 21.0 Å². The highest BCUT2D eigenvalue weighted by Crippen LogP contribution is 2.21. The van der Waals surface area contributed by atoms with Crippen molar-refractivity contribution in [3.63, 3.8) is 0 Å². The van der Waals surface area contributed by atoms with Gasteiger partial charge in [-0.3, -0.25) is 0 Å². The Balaban J connectivity index is 1.84. The summed E-state index contributed by atoms with van der Waals surface area (Å²) in [7, 11) is 0. The number of nitrogens with zero attached hydrogens (tertiary/aromatic N) is 2. The predicted octanol–water partition coefficient (Wildman–Crippen LogP) is 4.11. The van der Waals surface area contributed by atoms with Gasteiger partial charge in [-0.25, -0.2) is 19.2 Å². The number of anilines is 4. The highest BCUT2D eigenvalue weighted by Gasteiger charge is 2.06. The zero-order valence-corrected chi connectivity index (χ0v) is 13.3. The summed E-state index contributed by atoms with van der Waals surface area (Å²) in [6.07, 6.45) is 0. The van der Waals surface area contributed by atoms with E-state index in [0.29, 0.717) is 28.8 Å². The van der Waals surface area contributed by atoms with Gasteiger partial charge in [-0.15, -0.1) is 0 Å². The molecule has 0 unspecified atom stereocenters. The van der Waals surface area contributed by atoms with E-state index in [0.717, 1.165) is 0 Å². The molecule has 3 N–H and O–H groups in total. The third-order valence-electron chi connectivity index (χ3n) is 3.32. The summed E-state index contributed by atoms with van der Waals surface area (Å²) >= 11 is 0. The standard InChI is InChI=1S/C18H15FN4O2/c1-11-20-16(22-14-6-2-4-12(8-14)18(24)25)10-17(21-11)23-15-7-3-5-13(19)9-15/h2-10H,1H3,(H,24,25)(H2,20,21,22,23). The van der Waals surface area contributed by atoms with Gasteiger partial charge >= 0.3 is 5.97 Å². The van der Waals surface area contributed by atoms with Crippen LogP contribution in [0.25, 0.3) is 0 Å². The van der Waals surface area contributed by atoms with Gasteiger partial charge in [0, 0.05) is 17.4 Å². The molecule has 3 rings (SSSR count). The molecule has 25 heavy (non-hydrogen) atoms. The summed E-state index contributed by atoms with van der Waals surface area (Å²) in [6.45, 7) is 1.73. The second-order valence-electron chi connectivity index (χ2n) is 5.33. The molecule has 0 spiro atoms. The van der Waals surface area contributed by atoms with E-state index >= 15 is 0 Å². The van der Waals surface area contributed by atoms with Crippen molar-refractivity contribution in [1.82, 2.24) is 9.97 Å². The summed E-state index contributed by atoms with van der Waals surface area (Å²) in [5, 5.41) is 15.1. The number of benzene rings is 2. The van der Waals surface area contributed by atoms with Crippen LogP contribution in [0.15, 0.2) is 54.6 Å². The van der Waals surface area contributed by atoms with Crippen molar-refractivity contribution in [2.24, 2.45) is 0 Å². The van der Waals surface area contributed by atoms with Crippen molar-refractivity contribution in [2.45, 2.75) is 6.92 Å². The van der Waals surface area contributed by atoms with E-state index in [9.17, 15) is 9.18 Å². The minimum absolute atomic E-state index is 0.175. The monoisotopic (exact) mass is 338 g/mol. The Morgan fingerprint density at radius 3 is 2.16 bits per heavy atom. The first-order chi connectivity index (χ1) is 12.0. The molecule has 2 aromatic carbocycles. The number of aryl methyl sites for hydroxylation is 1. The Bertz CT molecular complexity index is 930. The van der Waals surface area contributed by atoms with Crippen LogP contribution in [0.1, 0.15) is 16.2 Å². The van der Waals surface area contributed by atoms with Crippen LogP contribution >= 0.6 is 0 Å². The van der Waals surface area contributed by atoms with E-state index < -0.39 is 5.97 Å². The average molecular weight is 338 g/mol. The summed E-state index contributed by atoms with van der Waals surface area (Å²) < 4.78 is 13.3. The van der Waals surface area contributed by atoms with Crippen molar-refractivity contribution in [3.8, 4) is 0 Å². The second kappa shape index (κ2) is 6.96. The van der Waals surface area contributed by atoms with Gasteiger partial charge in [0.25, 0.3) is 0 Å². The maximum absolute atomic E-state index is 13.3. The molecule has 1 aromatic heterocycles. The van der Waals surface area contributed by atoms with Crippen molar-refractivity contribution >= 4 is 29.0 Å². The van der Waals surface area contributed by atoms with E-state index in [1.54, 1.807) is 37.3 Å². The zero-order chi connectivity index (χ0) is 17.8. The van der Waals surface area contributed by atoms with Crippen LogP contribution in [-0.2, 0) is 0 Å². The van der Waals surface area contributed by atoms with E-state index in [4.69, 9.17) is 5.11 Å². The van der Waals surface area contributed by atoms with Crippen LogP contribution in [0, 0.1) is 12.7 Å². The maximum Gasteiger partial charge on any atom is 0.335 e. The summed E-state index contributed by atoms with van der Waals surface area (Å²) in [4.78, 5) is 19.6. The molecular weight excluding hydrogens is 323 g/mol. The van der Waals surface area contributed by atoms with Gasteiger partial charge in [0.1, 0.15) is 23.3 Å². The summed E-state index contributed by atoms with van der Waals surface area (Å²) in [5.41, 5.74) is 1.33. The number of aromatic carboxylic acids is 1. The molecule has 0 bridgehead atoms. The molecular formula is C18H15FN4O2. The van der Waals surface area contributed by atoms with Crippen LogP contribution in [0.3, 0.4) is 0 Å². The third-order valence-corrected chi connectivity index (χ3v) is 3.32. The molecule has 7 heteroatoms. The molecule has 0 radical (unpaired) electrons. The average Bonchev–Trinajstić information content (AvgIpc) is 2.54. The zero-order valence-electron chi connectivity index (χ0n) is 13.3. The number of carbonyl (C=O) groups is 1. The number of rotatable bonds is 5. The molecule has 0 amide bonds. The molecule has 0 aliphatic rings. The Hall–Kier alpha value is -3.48. The van der Waals surface area contributed by atoms with E-state index in [1.165, 1.54) is 24.3 Å². The molecule has 0 atom stereocenters. The minimum Gasteiger partial charge on any atom is -0.478 e. The summed E-state index contributed by atoms with van der Waals surface area (Å²) in [6, 6.07) is 14.1. The molecule has 0 saturated carbocycles. The van der Waals surface area contributed by atoms with Crippen molar-refractivity contribution in [2.75, 3.05) is 10.6 Å². The van der Waals surface area contributed by atoms with Gasteiger partial charge in [-0.05, 0) is 43.3 Å². The fourth-order valence-electron chi connectivity index (χ4n) is 2.29. The van der Waals surface area contributed by atoms with Crippen LogP contribution in [0.5, 0.6) is 0 Å². The lowest BCUT2D eigenvalue weighted by Crippen LogP contribution is -2.02. The molecule has 6 nitrogen and oxygen atoms in total. The van der Waals surface area contributed by atoms with Gasteiger partial charge < -0.3 is 15.7 Å². The highest BCUT2D eigenvalue weighted by molar-refractivity contribution is 5.89. The maximum atomic E-state index is 13.3. The van der Waals surface area contributed by atoms with Crippen LogP contribution in [0.2, 0.25) is 0 Å². The van der Waals surface area contributed by atoms with E-state index in [-0.39, 0.29) is 11.4 Å². The van der Waals surface area contributed by atoms with Gasteiger partial charge in [-0.1, -0.05) is 12.1 Å². The van der Waals surface area contributed by atoms with Crippen LogP contribution in [0.4, 0.5) is 27.4 Å². The lowest BCUT2D eigenvalue weighted by Gasteiger charge is -2.11. The predicted molar refractivity (Wildman–Crippen MR) is 93.1 cm³/mol. The molecule has 3 aromatic rings. The van der Waals surface area contributed by atoms with Crippen molar-refractivity contribution in [1.29, 1.82) is 0 Å². The van der Waals surface area contributed by atoms with E-state index in [2.05, 4.69) is 20.6 Å². The van der Waals surface area contributed by atoms with Crippen molar-refractivity contribution < 1.29 is 14.3 Å². The number of hydrogen-bond acceptors (Lipinski definition) is 5. The number of carboxylic acids is 1. The minimum atomic E-state index is -1.00. The van der Waals surface area contributed by atoms with Gasteiger partial charge in [0.2, 0.25) is 0 Å². The molecule has 1 heterocycles. The number of hydrogen-bond donors (Lipinski definition) is 3. The fourth-order valence-corrected chi connectivity index (χ4v) is 2.29. The SMILES string of the molecule is Cc1nc(Nc2cccc(F)c2)cc(Nc2cccc(C(=O)O)c2)n1. The Morgan fingerprint density at radius 2 is 1.56 bits per heavy atom. The number of nitrogens with one attached hydrogen (secondary N) is 2. The number of carboxylic acid groups (broad SMARTS) is 1. The summed E-state index contributed by atoms with van der Waals surface area (Å²) in [5.74, 6) is 0.151. The largest absolute Gasteiger partial charge is 0.478 e. The Labute approximate surface area is 143 Å². The molecule has 126 valence electrons. The Morgan fingerprint density at radius 1 is 0.960 bits per heavy atom. The molecule has 0 fully saturated rings. The van der Waals surface area contributed by atoms with Gasteiger partial charge in [-0.2, -0.15) is 0 Å². The first-order valence-corrected chi connectivity index (χ1v) is 7.48. The first-order valence-electron chi connectivity index (χ1n) is 7.48. The van der Waals surface area contributed by atoms with Crippen molar-refractivity contribution in [3.05, 3.63) is 71.8 Å². The number of aromatic nitrogens is 2. The second-order valence-corrected chi connectivity index (χ2v) is 5.33. The van der Waals surface area contributed by atoms with Gasteiger partial charge in [0.15, 0.2) is 0 Å². The fraction of sp³-hybridized carbons (Fsp3) is 0.0556. The normalized spacial score (nSPS) is 10.3. The van der Waals surface area contributed by atoms with E-state index in [1.807, 2.05) is 0 Å². The lowest BCUT2D eigenvalue weighted by atomic mass is 10.2. The highest BCUT2D eigenvalue weighted by atomic mass is 19.1. The quantitative estimate of drug-likeness (QED) is 0.649. The van der Waals surface area contributed by atoms with Gasteiger partial charge in [0.05, 0.1) is 5.56 Å². The molecule has 0 saturated heterocycles. The van der Waals surface area contributed by atoms with Crippen LogP contribution < -0.4 is 10.6 Å². The molecule has 0 aliphatic carbocycles.